The number of para-hydroxylation sites is 1. The number of rotatable bonds is 4. The number of aromatic carboxylic acids is 1. The lowest BCUT2D eigenvalue weighted by Gasteiger charge is -2.12. The quantitative estimate of drug-likeness (QED) is 0.882. The van der Waals surface area contributed by atoms with E-state index in [1.807, 2.05) is 38.1 Å². The van der Waals surface area contributed by atoms with Gasteiger partial charge in [-0.15, -0.1) is 0 Å². The third-order valence-corrected chi connectivity index (χ3v) is 2.90. The Bertz CT molecular complexity index is 609. The van der Waals surface area contributed by atoms with Gasteiger partial charge in [0, 0.05) is 5.69 Å². The monoisotopic (exact) mass is 256 g/mol. The maximum atomic E-state index is 11.2. The first kappa shape index (κ1) is 13.1. The summed E-state index contributed by atoms with van der Waals surface area (Å²) in [6, 6.07) is 11.0. The summed E-state index contributed by atoms with van der Waals surface area (Å²) < 4.78 is 0. The maximum absolute atomic E-state index is 11.2. The second-order valence-corrected chi connectivity index (χ2v) is 4.43. The number of anilines is 1. The highest BCUT2D eigenvalue weighted by atomic mass is 16.4. The van der Waals surface area contributed by atoms with Gasteiger partial charge < -0.3 is 10.4 Å². The van der Waals surface area contributed by atoms with Crippen molar-refractivity contribution < 1.29 is 9.90 Å². The second kappa shape index (κ2) is 5.52. The van der Waals surface area contributed by atoms with E-state index in [-0.39, 0.29) is 5.56 Å². The van der Waals surface area contributed by atoms with Crippen molar-refractivity contribution in [1.82, 2.24) is 4.98 Å². The van der Waals surface area contributed by atoms with Crippen molar-refractivity contribution in [3.05, 3.63) is 58.9 Å². The standard InChI is InChI=1S/C15H16N2O2/c1-10-5-3-8-13(15(18)19)14(10)16-9-12-7-4-6-11(2)17-12/h3-8,16H,9H2,1-2H3,(H,18,19). The molecule has 98 valence electrons. The second-order valence-electron chi connectivity index (χ2n) is 4.43. The first-order chi connectivity index (χ1) is 9.08. The maximum Gasteiger partial charge on any atom is 0.337 e. The molecule has 0 saturated heterocycles. The van der Waals surface area contributed by atoms with Gasteiger partial charge in [0.25, 0.3) is 0 Å². The van der Waals surface area contributed by atoms with Crippen LogP contribution in [0.1, 0.15) is 27.3 Å². The minimum absolute atomic E-state index is 0.285. The summed E-state index contributed by atoms with van der Waals surface area (Å²) in [7, 11) is 0. The van der Waals surface area contributed by atoms with Crippen LogP contribution in [-0.2, 0) is 6.54 Å². The number of aryl methyl sites for hydroxylation is 2. The fraction of sp³-hybridized carbons (Fsp3) is 0.200. The smallest absolute Gasteiger partial charge is 0.337 e. The lowest BCUT2D eigenvalue weighted by Crippen LogP contribution is -2.09. The van der Waals surface area contributed by atoms with Gasteiger partial charge in [0.1, 0.15) is 0 Å². The molecule has 0 fully saturated rings. The Morgan fingerprint density at radius 3 is 2.63 bits per heavy atom. The van der Waals surface area contributed by atoms with Crippen molar-refractivity contribution in [1.29, 1.82) is 0 Å². The van der Waals surface area contributed by atoms with Gasteiger partial charge in [0.15, 0.2) is 0 Å². The number of hydrogen-bond donors (Lipinski definition) is 2. The molecule has 0 atom stereocenters. The van der Waals surface area contributed by atoms with Crippen molar-refractivity contribution in [3.8, 4) is 0 Å². The molecule has 0 bridgehead atoms. The number of nitrogens with zero attached hydrogens (tertiary/aromatic N) is 1. The number of hydrogen-bond acceptors (Lipinski definition) is 3. The Morgan fingerprint density at radius 1 is 1.21 bits per heavy atom. The van der Waals surface area contributed by atoms with Crippen LogP contribution in [0.3, 0.4) is 0 Å². The van der Waals surface area contributed by atoms with Gasteiger partial charge >= 0.3 is 5.97 Å². The zero-order valence-electron chi connectivity index (χ0n) is 11.0. The molecule has 2 rings (SSSR count). The van der Waals surface area contributed by atoms with E-state index in [1.165, 1.54) is 0 Å². The van der Waals surface area contributed by atoms with E-state index in [2.05, 4.69) is 10.3 Å². The van der Waals surface area contributed by atoms with E-state index in [9.17, 15) is 9.90 Å². The molecule has 2 aromatic rings. The average molecular weight is 256 g/mol. The zero-order valence-corrected chi connectivity index (χ0v) is 11.0. The van der Waals surface area contributed by atoms with Crippen molar-refractivity contribution in [2.24, 2.45) is 0 Å². The van der Waals surface area contributed by atoms with Crippen LogP contribution in [0.4, 0.5) is 5.69 Å². The van der Waals surface area contributed by atoms with Crippen LogP contribution >= 0.6 is 0 Å². The molecule has 0 radical (unpaired) electrons. The molecule has 1 aromatic carbocycles. The molecule has 0 aliphatic carbocycles. The third-order valence-electron chi connectivity index (χ3n) is 2.90. The molecule has 4 nitrogen and oxygen atoms in total. The lowest BCUT2D eigenvalue weighted by molar-refractivity contribution is 0.0698. The van der Waals surface area contributed by atoms with Crippen LogP contribution < -0.4 is 5.32 Å². The summed E-state index contributed by atoms with van der Waals surface area (Å²) in [5, 5.41) is 12.3. The molecular weight excluding hydrogens is 240 g/mol. The number of carbonyl (C=O) groups is 1. The summed E-state index contributed by atoms with van der Waals surface area (Å²) >= 11 is 0. The molecule has 0 aliphatic heterocycles. The Kier molecular flexibility index (Phi) is 3.80. The normalized spacial score (nSPS) is 10.2. The Balaban J connectivity index is 2.22. The van der Waals surface area contributed by atoms with Gasteiger partial charge in [0.2, 0.25) is 0 Å². The number of carboxylic acids is 1. The molecule has 4 heteroatoms. The first-order valence-corrected chi connectivity index (χ1v) is 6.07. The minimum atomic E-state index is -0.927. The van der Waals surface area contributed by atoms with Crippen LogP contribution in [0.25, 0.3) is 0 Å². The van der Waals surface area contributed by atoms with Gasteiger partial charge in [0.05, 0.1) is 23.5 Å². The van der Waals surface area contributed by atoms with Gasteiger partial charge in [-0.05, 0) is 37.6 Å². The first-order valence-electron chi connectivity index (χ1n) is 6.07. The molecule has 1 heterocycles. The topological polar surface area (TPSA) is 62.2 Å². The predicted octanol–water partition coefficient (Wildman–Crippen LogP) is 3.01. The number of carboxylic acid groups (broad SMARTS) is 1. The fourth-order valence-corrected chi connectivity index (χ4v) is 1.96. The number of nitrogens with one attached hydrogen (secondary N) is 1. The minimum Gasteiger partial charge on any atom is -0.478 e. The molecule has 0 spiro atoms. The van der Waals surface area contributed by atoms with Crippen LogP contribution in [0, 0.1) is 13.8 Å². The molecule has 0 unspecified atom stereocenters. The van der Waals surface area contributed by atoms with Gasteiger partial charge in [-0.1, -0.05) is 18.2 Å². The molecule has 2 N–H and O–H groups in total. The fourth-order valence-electron chi connectivity index (χ4n) is 1.96. The van der Waals surface area contributed by atoms with Crippen molar-refractivity contribution in [3.63, 3.8) is 0 Å². The number of aromatic nitrogens is 1. The highest BCUT2D eigenvalue weighted by Gasteiger charge is 2.11. The highest BCUT2D eigenvalue weighted by molar-refractivity contribution is 5.95. The van der Waals surface area contributed by atoms with E-state index < -0.39 is 5.97 Å². The van der Waals surface area contributed by atoms with Crippen molar-refractivity contribution >= 4 is 11.7 Å². The molecule has 0 saturated carbocycles. The SMILES string of the molecule is Cc1cccc(CNc2c(C)cccc2C(=O)O)n1. The van der Waals surface area contributed by atoms with Crippen LogP contribution in [-0.4, -0.2) is 16.1 Å². The van der Waals surface area contributed by atoms with E-state index in [0.717, 1.165) is 17.0 Å². The predicted molar refractivity (Wildman–Crippen MR) is 74.4 cm³/mol. The van der Waals surface area contributed by atoms with E-state index >= 15 is 0 Å². The van der Waals surface area contributed by atoms with Gasteiger partial charge in [-0.25, -0.2) is 4.79 Å². The number of benzene rings is 1. The Labute approximate surface area is 112 Å². The Morgan fingerprint density at radius 2 is 1.95 bits per heavy atom. The van der Waals surface area contributed by atoms with E-state index in [1.54, 1.807) is 12.1 Å². The summed E-state index contributed by atoms with van der Waals surface area (Å²) in [5.41, 5.74) is 3.68. The van der Waals surface area contributed by atoms with E-state index in [0.29, 0.717) is 12.2 Å². The largest absolute Gasteiger partial charge is 0.478 e. The summed E-state index contributed by atoms with van der Waals surface area (Å²) in [6.07, 6.45) is 0. The summed E-state index contributed by atoms with van der Waals surface area (Å²) in [4.78, 5) is 15.6. The summed E-state index contributed by atoms with van der Waals surface area (Å²) in [6.45, 7) is 4.32. The van der Waals surface area contributed by atoms with Gasteiger partial charge in [-0.2, -0.15) is 0 Å². The van der Waals surface area contributed by atoms with Crippen LogP contribution in [0.15, 0.2) is 36.4 Å². The highest BCUT2D eigenvalue weighted by Crippen LogP contribution is 2.21. The number of pyridine rings is 1. The van der Waals surface area contributed by atoms with Crippen molar-refractivity contribution in [2.45, 2.75) is 20.4 Å². The molecule has 1 aromatic heterocycles. The van der Waals surface area contributed by atoms with Gasteiger partial charge in [-0.3, -0.25) is 4.98 Å². The molecular formula is C15H16N2O2. The molecule has 0 aliphatic rings. The average Bonchev–Trinajstić information content (AvgIpc) is 2.37. The van der Waals surface area contributed by atoms with Crippen LogP contribution in [0.5, 0.6) is 0 Å². The summed E-state index contributed by atoms with van der Waals surface area (Å²) in [5.74, 6) is -0.927. The third kappa shape index (κ3) is 3.10. The Hall–Kier alpha value is -2.36. The molecule has 0 amide bonds. The van der Waals surface area contributed by atoms with Crippen LogP contribution in [0.2, 0.25) is 0 Å². The van der Waals surface area contributed by atoms with Crippen molar-refractivity contribution in [2.75, 3.05) is 5.32 Å². The zero-order chi connectivity index (χ0) is 13.8. The van der Waals surface area contributed by atoms with E-state index in [4.69, 9.17) is 0 Å². The molecule has 19 heavy (non-hydrogen) atoms. The lowest BCUT2D eigenvalue weighted by atomic mass is 10.1.